The molecule has 0 unspecified atom stereocenters. The van der Waals surface area contributed by atoms with Gasteiger partial charge in [0.1, 0.15) is 0 Å². The number of carbonyl (C=O) groups is 2. The Bertz CT molecular complexity index is 1450. The number of benzene rings is 2. The summed E-state index contributed by atoms with van der Waals surface area (Å²) >= 11 is 0. The minimum absolute atomic E-state index is 0.207. The highest BCUT2D eigenvalue weighted by molar-refractivity contribution is 6.07. The molecule has 4 aromatic rings. The van der Waals surface area contributed by atoms with E-state index in [9.17, 15) is 9.59 Å². The molecule has 0 aliphatic carbocycles. The van der Waals surface area contributed by atoms with Crippen LogP contribution in [0.1, 0.15) is 37.8 Å². The van der Waals surface area contributed by atoms with Gasteiger partial charge in [-0.1, -0.05) is 12.1 Å². The summed E-state index contributed by atoms with van der Waals surface area (Å²) in [6.45, 7) is 3.66. The van der Waals surface area contributed by atoms with Gasteiger partial charge in [-0.25, -0.2) is 9.67 Å². The zero-order chi connectivity index (χ0) is 25.1. The Morgan fingerprint density at radius 2 is 1.54 bits per heavy atom. The molecule has 0 bridgehead atoms. The average Bonchev–Trinajstić information content (AvgIpc) is 3.22. The molecule has 8 nitrogen and oxygen atoms in total. The van der Waals surface area contributed by atoms with E-state index in [0.29, 0.717) is 39.6 Å². The SMILES string of the molecule is COc1cc2nc(/C=C/C(=O)c3ccc(C(=O)n4nc(C)cc4C)cc3)ccc2c(OC)c1OC. The van der Waals surface area contributed by atoms with E-state index in [1.165, 1.54) is 10.8 Å². The maximum atomic E-state index is 12.7. The van der Waals surface area contributed by atoms with Crippen LogP contribution in [0.4, 0.5) is 0 Å². The third-order valence-corrected chi connectivity index (χ3v) is 5.54. The van der Waals surface area contributed by atoms with Gasteiger partial charge in [0.05, 0.1) is 38.2 Å². The van der Waals surface area contributed by atoms with Crippen molar-refractivity contribution in [2.24, 2.45) is 0 Å². The largest absolute Gasteiger partial charge is 0.493 e. The van der Waals surface area contributed by atoms with Crippen LogP contribution in [0.3, 0.4) is 0 Å². The van der Waals surface area contributed by atoms with Crippen LogP contribution >= 0.6 is 0 Å². The fourth-order valence-corrected chi connectivity index (χ4v) is 3.85. The van der Waals surface area contributed by atoms with Crippen molar-refractivity contribution in [3.05, 3.63) is 82.8 Å². The molecule has 0 atom stereocenters. The maximum Gasteiger partial charge on any atom is 0.278 e. The number of nitrogens with zero attached hydrogens (tertiary/aromatic N) is 3. The van der Waals surface area contributed by atoms with Crippen molar-refractivity contribution in [2.75, 3.05) is 21.3 Å². The summed E-state index contributed by atoms with van der Waals surface area (Å²) in [7, 11) is 4.64. The Labute approximate surface area is 202 Å². The predicted molar refractivity (Wildman–Crippen MR) is 133 cm³/mol. The standard InChI is InChI=1S/C27H25N3O5/c1-16-14-17(2)30(29-16)27(32)19-8-6-18(7-9-19)23(31)13-11-20-10-12-21-22(28-20)15-24(33-3)26(35-5)25(21)34-4/h6-15H,1-5H3/b13-11+. The van der Waals surface area contributed by atoms with E-state index in [1.807, 2.05) is 26.0 Å². The second-order valence-electron chi connectivity index (χ2n) is 7.87. The maximum absolute atomic E-state index is 12.7. The second kappa shape index (κ2) is 9.80. The molecule has 2 aromatic heterocycles. The van der Waals surface area contributed by atoms with Crippen LogP contribution in [0.2, 0.25) is 0 Å². The molecule has 0 amide bonds. The Hall–Kier alpha value is -4.46. The number of aryl methyl sites for hydroxylation is 2. The van der Waals surface area contributed by atoms with E-state index in [4.69, 9.17) is 14.2 Å². The summed E-state index contributed by atoms with van der Waals surface area (Å²) in [6.07, 6.45) is 3.09. The lowest BCUT2D eigenvalue weighted by Crippen LogP contribution is -2.15. The average molecular weight is 472 g/mol. The highest BCUT2D eigenvalue weighted by Gasteiger charge is 2.17. The molecule has 0 aliphatic rings. The molecular formula is C27H25N3O5. The van der Waals surface area contributed by atoms with Gasteiger partial charge in [0, 0.05) is 28.3 Å². The summed E-state index contributed by atoms with van der Waals surface area (Å²) in [5, 5.41) is 4.98. The van der Waals surface area contributed by atoms with Crippen LogP contribution in [0, 0.1) is 13.8 Å². The lowest BCUT2D eigenvalue weighted by molar-refractivity contribution is 0.0941. The van der Waals surface area contributed by atoms with Gasteiger partial charge in [-0.2, -0.15) is 5.10 Å². The summed E-state index contributed by atoms with van der Waals surface area (Å²) < 4.78 is 17.7. The van der Waals surface area contributed by atoms with Gasteiger partial charge in [0.2, 0.25) is 5.75 Å². The molecule has 0 aliphatic heterocycles. The number of ether oxygens (including phenoxy) is 3. The van der Waals surface area contributed by atoms with Gasteiger partial charge in [-0.15, -0.1) is 0 Å². The predicted octanol–water partition coefficient (Wildman–Crippen LogP) is 4.66. The molecule has 2 aromatic carbocycles. The van der Waals surface area contributed by atoms with Crippen LogP contribution in [-0.4, -0.2) is 47.8 Å². The van der Waals surface area contributed by atoms with Crippen molar-refractivity contribution >= 4 is 28.7 Å². The van der Waals surface area contributed by atoms with Gasteiger partial charge in [-0.05, 0) is 56.3 Å². The number of aromatic nitrogens is 3. The highest BCUT2D eigenvalue weighted by atomic mass is 16.5. The number of fused-ring (bicyclic) bond motifs is 1. The molecule has 35 heavy (non-hydrogen) atoms. The monoisotopic (exact) mass is 471 g/mol. The van der Waals surface area contributed by atoms with Crippen LogP contribution < -0.4 is 14.2 Å². The van der Waals surface area contributed by atoms with Gasteiger partial charge in [0.15, 0.2) is 17.3 Å². The number of carbonyl (C=O) groups excluding carboxylic acids is 2. The molecule has 0 N–H and O–H groups in total. The van der Waals surface area contributed by atoms with Crippen molar-refractivity contribution in [3.63, 3.8) is 0 Å². The van der Waals surface area contributed by atoms with Crippen molar-refractivity contribution in [3.8, 4) is 17.2 Å². The first-order chi connectivity index (χ1) is 16.9. The quantitative estimate of drug-likeness (QED) is 0.286. The highest BCUT2D eigenvalue weighted by Crippen LogP contribution is 2.42. The summed E-state index contributed by atoms with van der Waals surface area (Å²) in [4.78, 5) is 30.0. The molecule has 0 saturated heterocycles. The first-order valence-electron chi connectivity index (χ1n) is 10.9. The number of rotatable bonds is 7. The fourth-order valence-electron chi connectivity index (χ4n) is 3.85. The Morgan fingerprint density at radius 1 is 0.857 bits per heavy atom. The molecule has 2 heterocycles. The minimum Gasteiger partial charge on any atom is -0.493 e. The minimum atomic E-state index is -0.243. The molecule has 8 heteroatoms. The summed E-state index contributed by atoms with van der Waals surface area (Å²) in [5.41, 5.74) is 3.67. The van der Waals surface area contributed by atoms with E-state index in [1.54, 1.807) is 63.8 Å². The first kappa shape index (κ1) is 23.7. The Balaban J connectivity index is 1.55. The van der Waals surface area contributed by atoms with Crippen molar-refractivity contribution in [1.29, 1.82) is 0 Å². The Kier molecular flexibility index (Phi) is 6.64. The zero-order valence-electron chi connectivity index (χ0n) is 20.2. The van der Waals surface area contributed by atoms with Crippen LogP contribution in [0.15, 0.2) is 54.6 Å². The Morgan fingerprint density at radius 3 is 2.14 bits per heavy atom. The normalized spacial score (nSPS) is 11.1. The lowest BCUT2D eigenvalue weighted by Gasteiger charge is -2.14. The lowest BCUT2D eigenvalue weighted by atomic mass is 10.1. The van der Waals surface area contributed by atoms with E-state index < -0.39 is 0 Å². The van der Waals surface area contributed by atoms with Gasteiger partial charge in [-0.3, -0.25) is 9.59 Å². The first-order valence-corrected chi connectivity index (χ1v) is 10.9. The van der Waals surface area contributed by atoms with Crippen molar-refractivity contribution in [1.82, 2.24) is 14.8 Å². The third kappa shape index (κ3) is 4.63. The summed E-state index contributed by atoms with van der Waals surface area (Å²) in [5.74, 6) is 1.06. The fraction of sp³-hybridized carbons (Fsp3) is 0.185. The van der Waals surface area contributed by atoms with Gasteiger partial charge >= 0.3 is 0 Å². The summed E-state index contributed by atoms with van der Waals surface area (Å²) in [6, 6.07) is 13.7. The molecule has 4 rings (SSSR count). The number of ketones is 1. The second-order valence-corrected chi connectivity index (χ2v) is 7.87. The van der Waals surface area contributed by atoms with Crippen molar-refractivity contribution in [2.45, 2.75) is 13.8 Å². The van der Waals surface area contributed by atoms with Crippen LogP contribution in [0.25, 0.3) is 17.0 Å². The van der Waals surface area contributed by atoms with E-state index in [-0.39, 0.29) is 11.7 Å². The molecule has 0 spiro atoms. The van der Waals surface area contributed by atoms with Crippen LogP contribution in [-0.2, 0) is 0 Å². The van der Waals surface area contributed by atoms with Gasteiger partial charge < -0.3 is 14.2 Å². The van der Waals surface area contributed by atoms with E-state index in [0.717, 1.165) is 16.8 Å². The number of hydrogen-bond acceptors (Lipinski definition) is 7. The number of allylic oxidation sites excluding steroid dienone is 1. The zero-order valence-corrected chi connectivity index (χ0v) is 20.2. The molecular weight excluding hydrogens is 446 g/mol. The van der Waals surface area contributed by atoms with E-state index in [2.05, 4.69) is 10.1 Å². The molecule has 0 fully saturated rings. The number of hydrogen-bond donors (Lipinski definition) is 0. The number of pyridine rings is 1. The van der Waals surface area contributed by atoms with Crippen molar-refractivity contribution < 1.29 is 23.8 Å². The molecule has 178 valence electrons. The molecule has 0 radical (unpaired) electrons. The molecule has 0 saturated carbocycles. The number of methoxy groups -OCH3 is 3. The van der Waals surface area contributed by atoms with E-state index >= 15 is 0 Å². The third-order valence-electron chi connectivity index (χ3n) is 5.54. The smallest absolute Gasteiger partial charge is 0.278 e. The topological polar surface area (TPSA) is 92.5 Å². The van der Waals surface area contributed by atoms with Gasteiger partial charge in [0.25, 0.3) is 5.91 Å². The van der Waals surface area contributed by atoms with Crippen LogP contribution in [0.5, 0.6) is 17.2 Å².